The van der Waals surface area contributed by atoms with E-state index >= 15 is 0 Å². The van der Waals surface area contributed by atoms with Crippen molar-refractivity contribution in [2.45, 2.75) is 39.5 Å². The van der Waals surface area contributed by atoms with Crippen LogP contribution in [0.4, 0.5) is 0 Å². The lowest BCUT2D eigenvalue weighted by atomic mass is 9.92. The molecule has 1 fully saturated rings. The number of rotatable bonds is 3. The van der Waals surface area contributed by atoms with E-state index < -0.39 is 0 Å². The molecular weight excluding hydrogens is 160 g/mol. The van der Waals surface area contributed by atoms with Gasteiger partial charge in [-0.1, -0.05) is 13.8 Å². The second-order valence-electron chi connectivity index (χ2n) is 4.80. The van der Waals surface area contributed by atoms with Gasteiger partial charge < -0.3 is 5.32 Å². The van der Waals surface area contributed by atoms with Gasteiger partial charge in [-0.25, -0.2) is 0 Å². The molecule has 0 aromatic rings. The third-order valence-electron chi connectivity index (χ3n) is 3.64. The molecule has 1 aliphatic heterocycles. The Bertz CT molecular complexity index is 214. The molecule has 0 spiro atoms. The van der Waals surface area contributed by atoms with E-state index in [0.717, 1.165) is 19.0 Å². The maximum absolute atomic E-state index is 4.43. The van der Waals surface area contributed by atoms with E-state index in [1.807, 2.05) is 0 Å². The first-order valence-electron chi connectivity index (χ1n) is 5.50. The fraction of sp³-hybridized carbons (Fsp3) is 0.909. The predicted octanol–water partition coefficient (Wildman–Crippen LogP) is 2.20. The van der Waals surface area contributed by atoms with Crippen molar-refractivity contribution in [1.82, 2.24) is 5.32 Å². The summed E-state index contributed by atoms with van der Waals surface area (Å²) < 4.78 is 0. The lowest BCUT2D eigenvalue weighted by Crippen LogP contribution is -2.31. The molecule has 0 aromatic carbocycles. The monoisotopic (exact) mass is 180 g/mol. The Balaban J connectivity index is 1.79. The van der Waals surface area contributed by atoms with E-state index in [1.165, 1.54) is 31.5 Å². The van der Waals surface area contributed by atoms with E-state index in [0.29, 0.717) is 5.41 Å². The summed E-state index contributed by atoms with van der Waals surface area (Å²) in [5, 5.41) is 3.52. The van der Waals surface area contributed by atoms with Crippen LogP contribution >= 0.6 is 0 Å². The number of nitrogens with one attached hydrogen (secondary N) is 1. The summed E-state index contributed by atoms with van der Waals surface area (Å²) in [4.78, 5) is 4.43. The normalized spacial score (nSPS) is 24.7. The number of nitrogens with zero attached hydrogens (tertiary/aromatic N) is 1. The van der Waals surface area contributed by atoms with Crippen molar-refractivity contribution in [3.8, 4) is 0 Å². The van der Waals surface area contributed by atoms with Crippen molar-refractivity contribution in [3.63, 3.8) is 0 Å². The maximum atomic E-state index is 4.43. The molecule has 74 valence electrons. The molecule has 0 unspecified atom stereocenters. The summed E-state index contributed by atoms with van der Waals surface area (Å²) in [6, 6.07) is 0. The van der Waals surface area contributed by atoms with Gasteiger partial charge in [0.25, 0.3) is 0 Å². The van der Waals surface area contributed by atoms with Gasteiger partial charge in [-0.05, 0) is 30.6 Å². The van der Waals surface area contributed by atoms with Crippen LogP contribution in [0.2, 0.25) is 0 Å². The Morgan fingerprint density at radius 1 is 1.46 bits per heavy atom. The molecule has 1 aliphatic carbocycles. The molecule has 2 rings (SSSR count). The van der Waals surface area contributed by atoms with Gasteiger partial charge in [0.2, 0.25) is 0 Å². The molecule has 1 N–H and O–H groups in total. The summed E-state index contributed by atoms with van der Waals surface area (Å²) in [6.45, 7) is 6.87. The molecule has 1 heterocycles. The molecule has 2 aliphatic rings. The zero-order valence-electron chi connectivity index (χ0n) is 8.77. The molecule has 2 nitrogen and oxygen atoms in total. The van der Waals surface area contributed by atoms with E-state index in [2.05, 4.69) is 24.2 Å². The number of hydrogen-bond donors (Lipinski definition) is 1. The second-order valence-corrected chi connectivity index (χ2v) is 4.80. The zero-order valence-corrected chi connectivity index (χ0v) is 8.77. The highest BCUT2D eigenvalue weighted by molar-refractivity contribution is 5.83. The van der Waals surface area contributed by atoms with Crippen molar-refractivity contribution in [2.24, 2.45) is 16.3 Å². The molecule has 0 bridgehead atoms. The van der Waals surface area contributed by atoms with Gasteiger partial charge in [-0.15, -0.1) is 0 Å². The Kier molecular flexibility index (Phi) is 2.31. The fourth-order valence-corrected chi connectivity index (χ4v) is 2.08. The third-order valence-corrected chi connectivity index (χ3v) is 3.64. The first-order valence-corrected chi connectivity index (χ1v) is 5.50. The Morgan fingerprint density at radius 3 is 2.69 bits per heavy atom. The number of aliphatic imine (C=N–C) groups is 1. The van der Waals surface area contributed by atoms with Gasteiger partial charge >= 0.3 is 0 Å². The van der Waals surface area contributed by atoms with E-state index in [4.69, 9.17) is 0 Å². The van der Waals surface area contributed by atoms with Crippen LogP contribution in [0.5, 0.6) is 0 Å². The molecule has 1 saturated carbocycles. The largest absolute Gasteiger partial charge is 0.373 e. The smallest absolute Gasteiger partial charge is 0.0963 e. The van der Waals surface area contributed by atoms with Crippen LogP contribution in [-0.4, -0.2) is 18.9 Å². The first kappa shape index (κ1) is 9.04. The topological polar surface area (TPSA) is 24.4 Å². The van der Waals surface area contributed by atoms with Crippen LogP contribution in [0.15, 0.2) is 4.99 Å². The maximum Gasteiger partial charge on any atom is 0.0963 e. The standard InChI is InChI=1S/C11H20N2/c1-9(2)11(5-6-11)8-13-10-4-3-7-12-10/h9H,3-8H2,1-2H3,(H,12,13). The zero-order chi connectivity index (χ0) is 9.31. The highest BCUT2D eigenvalue weighted by atomic mass is 15.0. The van der Waals surface area contributed by atoms with Gasteiger partial charge in [0.15, 0.2) is 0 Å². The molecule has 0 saturated heterocycles. The highest BCUT2D eigenvalue weighted by Crippen LogP contribution is 2.51. The average Bonchev–Trinajstić information content (AvgIpc) is 2.73. The average molecular weight is 180 g/mol. The summed E-state index contributed by atoms with van der Waals surface area (Å²) in [6.07, 6.45) is 5.24. The molecule has 13 heavy (non-hydrogen) atoms. The molecule has 0 amide bonds. The van der Waals surface area contributed by atoms with E-state index in [-0.39, 0.29) is 0 Å². The summed E-state index contributed by atoms with van der Waals surface area (Å²) in [5.74, 6) is 2.08. The minimum atomic E-state index is 0.616. The Labute approximate surface area is 80.8 Å². The lowest BCUT2D eigenvalue weighted by molar-refractivity contribution is 0.357. The molecule has 0 radical (unpaired) electrons. The van der Waals surface area contributed by atoms with Gasteiger partial charge in [0.1, 0.15) is 0 Å². The summed E-state index contributed by atoms with van der Waals surface area (Å²) in [7, 11) is 0. The van der Waals surface area contributed by atoms with Crippen molar-refractivity contribution in [3.05, 3.63) is 0 Å². The third kappa shape index (κ3) is 1.87. The van der Waals surface area contributed by atoms with Crippen molar-refractivity contribution in [1.29, 1.82) is 0 Å². The quantitative estimate of drug-likeness (QED) is 0.707. The predicted molar refractivity (Wildman–Crippen MR) is 56.0 cm³/mol. The Morgan fingerprint density at radius 2 is 2.23 bits per heavy atom. The highest BCUT2D eigenvalue weighted by Gasteiger charge is 2.45. The number of amidine groups is 1. The molecule has 0 aromatic heterocycles. The van der Waals surface area contributed by atoms with Crippen LogP contribution in [0.3, 0.4) is 0 Å². The van der Waals surface area contributed by atoms with Crippen molar-refractivity contribution in [2.75, 3.05) is 13.1 Å². The lowest BCUT2D eigenvalue weighted by Gasteiger charge is -2.20. The van der Waals surface area contributed by atoms with E-state index in [1.54, 1.807) is 0 Å². The van der Waals surface area contributed by atoms with Crippen LogP contribution in [0.1, 0.15) is 39.5 Å². The molecular formula is C11H20N2. The first-order chi connectivity index (χ1) is 6.23. The second kappa shape index (κ2) is 3.32. The van der Waals surface area contributed by atoms with E-state index in [9.17, 15) is 0 Å². The van der Waals surface area contributed by atoms with Crippen LogP contribution in [0.25, 0.3) is 0 Å². The number of hydrogen-bond acceptors (Lipinski definition) is 2. The SMILES string of the molecule is CC(C)C1(CNC2=NCCC2)CC1. The Hall–Kier alpha value is -0.530. The summed E-state index contributed by atoms with van der Waals surface area (Å²) in [5.41, 5.74) is 0.616. The van der Waals surface area contributed by atoms with Gasteiger partial charge in [-0.2, -0.15) is 0 Å². The minimum absolute atomic E-state index is 0.616. The minimum Gasteiger partial charge on any atom is -0.373 e. The van der Waals surface area contributed by atoms with Gasteiger partial charge in [0.05, 0.1) is 5.84 Å². The molecule has 0 atom stereocenters. The van der Waals surface area contributed by atoms with Crippen molar-refractivity contribution >= 4 is 5.84 Å². The fourth-order valence-electron chi connectivity index (χ4n) is 2.08. The summed E-state index contributed by atoms with van der Waals surface area (Å²) >= 11 is 0. The van der Waals surface area contributed by atoms with Gasteiger partial charge in [-0.3, -0.25) is 4.99 Å². The van der Waals surface area contributed by atoms with Crippen LogP contribution in [-0.2, 0) is 0 Å². The molecule has 2 heteroatoms. The van der Waals surface area contributed by atoms with Crippen molar-refractivity contribution < 1.29 is 0 Å². The van der Waals surface area contributed by atoms with Crippen LogP contribution < -0.4 is 5.32 Å². The van der Waals surface area contributed by atoms with Crippen LogP contribution in [0, 0.1) is 11.3 Å². The van der Waals surface area contributed by atoms with Gasteiger partial charge in [0, 0.05) is 19.5 Å².